The highest BCUT2D eigenvalue weighted by Gasteiger charge is 2.30. The molecular weight excluding hydrogens is 360 g/mol. The minimum atomic E-state index is -0.332. The van der Waals surface area contributed by atoms with Gasteiger partial charge in [-0.3, -0.25) is 4.99 Å². The van der Waals surface area contributed by atoms with Crippen LogP contribution in [0.1, 0.15) is 31.2 Å². The SMILES string of the molecule is COc1ccc2c(CSC3=NC4CCCCC4N3)cc(=O)oc2c1.Cl. The average Bonchev–Trinajstić information content (AvgIpc) is 3.01. The Balaban J connectivity index is 0.00000182. The van der Waals surface area contributed by atoms with Crippen LogP contribution in [0.15, 0.2) is 38.5 Å². The van der Waals surface area contributed by atoms with Crippen LogP contribution in [-0.4, -0.2) is 24.4 Å². The van der Waals surface area contributed by atoms with Gasteiger partial charge in [-0.15, -0.1) is 12.4 Å². The number of thioether (sulfide) groups is 1. The first-order valence-corrected chi connectivity index (χ1v) is 9.29. The summed E-state index contributed by atoms with van der Waals surface area (Å²) in [5.41, 5.74) is 1.20. The van der Waals surface area contributed by atoms with Gasteiger partial charge in [-0.05, 0) is 30.5 Å². The zero-order valence-electron chi connectivity index (χ0n) is 14.0. The van der Waals surface area contributed by atoms with Crippen molar-refractivity contribution in [1.29, 1.82) is 0 Å². The Morgan fingerprint density at radius 1 is 1.32 bits per heavy atom. The molecule has 1 aromatic heterocycles. The van der Waals surface area contributed by atoms with Gasteiger partial charge in [0.25, 0.3) is 0 Å². The fourth-order valence-electron chi connectivity index (χ4n) is 3.46. The average molecular weight is 381 g/mol. The molecule has 0 amide bonds. The predicted octanol–water partition coefficient (Wildman–Crippen LogP) is 3.73. The first-order valence-electron chi connectivity index (χ1n) is 8.31. The van der Waals surface area contributed by atoms with Gasteiger partial charge in [-0.25, -0.2) is 4.79 Å². The summed E-state index contributed by atoms with van der Waals surface area (Å²) in [5.74, 6) is 1.38. The van der Waals surface area contributed by atoms with Crippen LogP contribution in [0.4, 0.5) is 0 Å². The Bertz CT molecular complexity index is 852. The van der Waals surface area contributed by atoms with Crippen molar-refractivity contribution in [3.63, 3.8) is 0 Å². The minimum Gasteiger partial charge on any atom is -0.497 e. The maximum absolute atomic E-state index is 11.8. The number of methoxy groups -OCH3 is 1. The molecule has 1 saturated carbocycles. The van der Waals surface area contributed by atoms with Crippen molar-refractivity contribution in [3.05, 3.63) is 40.2 Å². The second-order valence-electron chi connectivity index (χ2n) is 6.28. The van der Waals surface area contributed by atoms with Crippen LogP contribution < -0.4 is 15.7 Å². The van der Waals surface area contributed by atoms with E-state index in [1.54, 1.807) is 31.0 Å². The van der Waals surface area contributed by atoms with Gasteiger partial charge >= 0.3 is 5.63 Å². The lowest BCUT2D eigenvalue weighted by molar-refractivity contribution is 0.385. The number of nitrogens with one attached hydrogen (secondary N) is 1. The number of halogens is 1. The van der Waals surface area contributed by atoms with E-state index in [4.69, 9.17) is 14.1 Å². The van der Waals surface area contributed by atoms with Crippen LogP contribution in [-0.2, 0) is 5.75 Å². The molecular formula is C18H21ClN2O3S. The lowest BCUT2D eigenvalue weighted by atomic mass is 9.92. The molecule has 1 aromatic carbocycles. The van der Waals surface area contributed by atoms with Crippen LogP contribution in [0.25, 0.3) is 11.0 Å². The first kappa shape index (κ1) is 18.1. The van der Waals surface area contributed by atoms with Crippen LogP contribution in [0.3, 0.4) is 0 Å². The van der Waals surface area contributed by atoms with Crippen molar-refractivity contribution in [2.24, 2.45) is 4.99 Å². The summed E-state index contributed by atoms with van der Waals surface area (Å²) in [7, 11) is 1.60. The summed E-state index contributed by atoms with van der Waals surface area (Å²) in [6, 6.07) is 8.09. The van der Waals surface area contributed by atoms with E-state index in [1.807, 2.05) is 12.1 Å². The fraction of sp³-hybridized carbons (Fsp3) is 0.444. The molecule has 0 radical (unpaired) electrons. The summed E-state index contributed by atoms with van der Waals surface area (Å²) in [5, 5.41) is 5.48. The molecule has 1 aliphatic heterocycles. The third-order valence-electron chi connectivity index (χ3n) is 4.72. The highest BCUT2D eigenvalue weighted by molar-refractivity contribution is 8.13. The molecule has 2 aromatic rings. The molecule has 1 N–H and O–H groups in total. The van der Waals surface area contributed by atoms with Crippen molar-refractivity contribution in [3.8, 4) is 5.75 Å². The Hall–Kier alpha value is -1.66. The monoisotopic (exact) mass is 380 g/mol. The third kappa shape index (κ3) is 3.80. The number of hydrogen-bond donors (Lipinski definition) is 1. The summed E-state index contributed by atoms with van der Waals surface area (Å²) in [4.78, 5) is 16.6. The van der Waals surface area contributed by atoms with Gasteiger partial charge in [0.05, 0.1) is 19.2 Å². The van der Waals surface area contributed by atoms with Crippen LogP contribution in [0.5, 0.6) is 5.75 Å². The number of hydrogen-bond acceptors (Lipinski definition) is 6. The van der Waals surface area contributed by atoms with Crippen molar-refractivity contribution in [2.45, 2.75) is 43.5 Å². The van der Waals surface area contributed by atoms with E-state index in [1.165, 1.54) is 25.7 Å². The maximum atomic E-state index is 11.8. The van der Waals surface area contributed by atoms with Gasteiger partial charge in [0, 0.05) is 23.3 Å². The number of nitrogens with zero attached hydrogens (tertiary/aromatic N) is 1. The molecule has 4 rings (SSSR count). The molecule has 1 fully saturated rings. The molecule has 2 aliphatic rings. The van der Waals surface area contributed by atoms with E-state index in [0.29, 0.717) is 29.2 Å². The number of fused-ring (bicyclic) bond motifs is 2. The first-order chi connectivity index (χ1) is 11.7. The van der Waals surface area contributed by atoms with E-state index >= 15 is 0 Å². The standard InChI is InChI=1S/C18H20N2O3S.ClH/c1-22-12-6-7-13-11(8-17(21)23-16(13)9-12)10-24-18-19-14-4-2-3-5-15(14)20-18;/h6-9,14-15H,2-5,10H2,1H3,(H,19,20);1H. The molecule has 134 valence electrons. The largest absolute Gasteiger partial charge is 0.497 e. The number of ether oxygens (including phenoxy) is 1. The number of amidine groups is 1. The molecule has 0 bridgehead atoms. The van der Waals surface area contributed by atoms with Gasteiger partial charge in [0.2, 0.25) is 0 Å². The molecule has 5 nitrogen and oxygen atoms in total. The minimum absolute atomic E-state index is 0. The van der Waals surface area contributed by atoms with Crippen molar-refractivity contribution < 1.29 is 9.15 Å². The predicted molar refractivity (Wildman–Crippen MR) is 104 cm³/mol. The number of rotatable bonds is 3. The Kier molecular flexibility index (Phi) is 5.59. The smallest absolute Gasteiger partial charge is 0.336 e. The molecule has 25 heavy (non-hydrogen) atoms. The highest BCUT2D eigenvalue weighted by Crippen LogP contribution is 2.29. The summed E-state index contributed by atoms with van der Waals surface area (Å²) < 4.78 is 10.5. The second-order valence-corrected chi connectivity index (χ2v) is 7.24. The Morgan fingerprint density at radius 3 is 2.96 bits per heavy atom. The molecule has 2 unspecified atom stereocenters. The Labute approximate surface area is 156 Å². The maximum Gasteiger partial charge on any atom is 0.336 e. The van der Waals surface area contributed by atoms with Crippen molar-refractivity contribution >= 4 is 40.3 Å². The van der Waals surface area contributed by atoms with E-state index < -0.39 is 0 Å². The van der Waals surface area contributed by atoms with E-state index in [9.17, 15) is 4.79 Å². The van der Waals surface area contributed by atoms with Crippen LogP contribution >= 0.6 is 24.2 Å². The zero-order valence-corrected chi connectivity index (χ0v) is 15.6. The summed E-state index contributed by atoms with van der Waals surface area (Å²) >= 11 is 1.66. The quantitative estimate of drug-likeness (QED) is 0.822. The normalized spacial score (nSPS) is 21.9. The topological polar surface area (TPSA) is 63.8 Å². The van der Waals surface area contributed by atoms with E-state index in [2.05, 4.69) is 5.32 Å². The Morgan fingerprint density at radius 2 is 2.16 bits per heavy atom. The van der Waals surface area contributed by atoms with E-state index in [0.717, 1.165) is 16.1 Å². The van der Waals surface area contributed by atoms with Crippen molar-refractivity contribution in [2.75, 3.05) is 7.11 Å². The lowest BCUT2D eigenvalue weighted by Crippen LogP contribution is -2.36. The van der Waals surface area contributed by atoms with Crippen molar-refractivity contribution in [1.82, 2.24) is 5.32 Å². The van der Waals surface area contributed by atoms with Crippen LogP contribution in [0, 0.1) is 0 Å². The molecule has 0 saturated heterocycles. The van der Waals surface area contributed by atoms with E-state index in [-0.39, 0.29) is 18.0 Å². The third-order valence-corrected chi connectivity index (χ3v) is 5.68. The summed E-state index contributed by atoms with van der Waals surface area (Å²) in [6.45, 7) is 0. The fourth-order valence-corrected chi connectivity index (χ4v) is 4.44. The van der Waals surface area contributed by atoms with Gasteiger partial charge in [-0.1, -0.05) is 24.6 Å². The molecule has 0 spiro atoms. The molecule has 2 atom stereocenters. The number of aliphatic imine (C=N–C) groups is 1. The highest BCUT2D eigenvalue weighted by atomic mass is 35.5. The van der Waals surface area contributed by atoms with Gasteiger partial charge in [0.15, 0.2) is 5.17 Å². The molecule has 2 heterocycles. The summed E-state index contributed by atoms with van der Waals surface area (Å²) in [6.07, 6.45) is 4.94. The van der Waals surface area contributed by atoms with Gasteiger partial charge < -0.3 is 14.5 Å². The lowest BCUT2D eigenvalue weighted by Gasteiger charge is -2.23. The van der Waals surface area contributed by atoms with Crippen LogP contribution in [0.2, 0.25) is 0 Å². The molecule has 1 aliphatic carbocycles. The number of benzene rings is 1. The molecule has 7 heteroatoms. The zero-order chi connectivity index (χ0) is 16.5. The van der Waals surface area contributed by atoms with Gasteiger partial charge in [-0.2, -0.15) is 0 Å². The second kappa shape index (κ2) is 7.70. The van der Waals surface area contributed by atoms with Gasteiger partial charge in [0.1, 0.15) is 11.3 Å².